The number of piperidine rings is 1. The van der Waals surface area contributed by atoms with Crippen molar-refractivity contribution < 1.29 is 0 Å². The maximum atomic E-state index is 5.09. The zero-order valence-electron chi connectivity index (χ0n) is 17.9. The summed E-state index contributed by atoms with van der Waals surface area (Å²) in [5.41, 5.74) is 4.01. The van der Waals surface area contributed by atoms with E-state index in [0.717, 1.165) is 12.0 Å². The van der Waals surface area contributed by atoms with Gasteiger partial charge in [0.05, 0.1) is 0 Å². The molecule has 1 aliphatic carbocycles. The van der Waals surface area contributed by atoms with Gasteiger partial charge in [0.15, 0.2) is 0 Å². The summed E-state index contributed by atoms with van der Waals surface area (Å²) in [4.78, 5) is 9.29. The molecule has 4 rings (SSSR count). The first-order valence-corrected chi connectivity index (χ1v) is 12.2. The Kier molecular flexibility index (Phi) is 6.62. The lowest BCUT2D eigenvalue weighted by atomic mass is 9.84. The van der Waals surface area contributed by atoms with Gasteiger partial charge in [-0.15, -0.1) is 0 Å². The summed E-state index contributed by atoms with van der Waals surface area (Å²) in [6.07, 6.45) is 12.2. The van der Waals surface area contributed by atoms with E-state index >= 15 is 0 Å². The smallest absolute Gasteiger partial charge is 0.103 e. The SMILES string of the molecule is CC1=NC(C2CCC(N3CCCCC3)CC2)S/C1=C/C(C)c1cccc(C)c1. The molecule has 2 atom stereocenters. The molecule has 1 aromatic carbocycles. The fourth-order valence-electron chi connectivity index (χ4n) is 5.17. The first-order chi connectivity index (χ1) is 13.6. The molecule has 1 saturated carbocycles. The number of thioether (sulfide) groups is 1. The van der Waals surface area contributed by atoms with Crippen LogP contribution >= 0.6 is 11.8 Å². The number of aliphatic imine (C=N–C) groups is 1. The average Bonchev–Trinajstić information content (AvgIpc) is 3.09. The highest BCUT2D eigenvalue weighted by Crippen LogP contribution is 2.43. The molecule has 152 valence electrons. The van der Waals surface area contributed by atoms with E-state index in [1.54, 1.807) is 0 Å². The number of rotatable bonds is 4. The molecule has 2 nitrogen and oxygen atoms in total. The van der Waals surface area contributed by atoms with E-state index in [4.69, 9.17) is 4.99 Å². The monoisotopic (exact) mass is 396 g/mol. The van der Waals surface area contributed by atoms with Crippen molar-refractivity contribution in [1.82, 2.24) is 4.90 Å². The van der Waals surface area contributed by atoms with Crippen LogP contribution in [0.15, 0.2) is 40.2 Å². The van der Waals surface area contributed by atoms with Gasteiger partial charge in [0.1, 0.15) is 5.37 Å². The molecule has 3 heteroatoms. The molecule has 2 fully saturated rings. The van der Waals surface area contributed by atoms with E-state index < -0.39 is 0 Å². The Morgan fingerprint density at radius 2 is 1.82 bits per heavy atom. The molecular formula is C25H36N2S. The number of likely N-dealkylation sites (tertiary alicyclic amines) is 1. The first-order valence-electron chi connectivity index (χ1n) is 11.3. The minimum absolute atomic E-state index is 0.445. The predicted octanol–water partition coefficient (Wildman–Crippen LogP) is 6.56. The van der Waals surface area contributed by atoms with E-state index in [2.05, 4.69) is 56.0 Å². The van der Waals surface area contributed by atoms with Crippen LogP contribution in [0, 0.1) is 12.8 Å². The van der Waals surface area contributed by atoms with Crippen LogP contribution in [-0.4, -0.2) is 35.1 Å². The number of hydrogen-bond acceptors (Lipinski definition) is 3. The standard InChI is InChI=1S/C25H36N2S/c1-18-8-7-9-22(16-18)19(2)17-24-20(3)26-25(28-24)21-10-12-23(13-11-21)27-14-5-4-6-15-27/h7-9,16-17,19,21,23,25H,4-6,10-15H2,1-3H3/b24-17+. The van der Waals surface area contributed by atoms with Gasteiger partial charge in [0.2, 0.25) is 0 Å². The summed E-state index contributed by atoms with van der Waals surface area (Å²) in [6, 6.07) is 9.76. The van der Waals surface area contributed by atoms with Gasteiger partial charge in [-0.1, -0.05) is 61.0 Å². The third-order valence-corrected chi connectivity index (χ3v) is 8.36. The van der Waals surface area contributed by atoms with Crippen LogP contribution in [0.2, 0.25) is 0 Å². The summed E-state index contributed by atoms with van der Waals surface area (Å²) in [7, 11) is 0. The highest BCUT2D eigenvalue weighted by molar-refractivity contribution is 8.05. The average molecular weight is 397 g/mol. The third-order valence-electron chi connectivity index (χ3n) is 6.95. The lowest BCUT2D eigenvalue weighted by molar-refractivity contribution is 0.114. The van der Waals surface area contributed by atoms with Crippen LogP contribution in [0.25, 0.3) is 0 Å². The van der Waals surface area contributed by atoms with Crippen LogP contribution in [0.4, 0.5) is 0 Å². The summed E-state index contributed by atoms with van der Waals surface area (Å²) >= 11 is 2.03. The van der Waals surface area contributed by atoms with Crippen LogP contribution in [-0.2, 0) is 0 Å². The number of allylic oxidation sites excluding steroid dienone is 2. The van der Waals surface area contributed by atoms with Gasteiger partial charge < -0.3 is 4.90 Å². The van der Waals surface area contributed by atoms with Crippen LogP contribution in [0.5, 0.6) is 0 Å². The summed E-state index contributed by atoms with van der Waals surface area (Å²) in [5.74, 6) is 1.21. The van der Waals surface area contributed by atoms with Crippen molar-refractivity contribution >= 4 is 17.5 Å². The Balaban J connectivity index is 1.34. The lowest BCUT2D eigenvalue weighted by Gasteiger charge is -2.39. The second-order valence-corrected chi connectivity index (χ2v) is 10.3. The second-order valence-electron chi connectivity index (χ2n) is 9.12. The van der Waals surface area contributed by atoms with Gasteiger partial charge in [0, 0.05) is 22.6 Å². The van der Waals surface area contributed by atoms with E-state index in [9.17, 15) is 0 Å². The van der Waals surface area contributed by atoms with Gasteiger partial charge >= 0.3 is 0 Å². The van der Waals surface area contributed by atoms with Crippen molar-refractivity contribution in [3.05, 3.63) is 46.4 Å². The maximum Gasteiger partial charge on any atom is 0.103 e. The molecule has 1 aromatic rings. The maximum absolute atomic E-state index is 5.09. The van der Waals surface area contributed by atoms with Gasteiger partial charge in [-0.05, 0) is 76.9 Å². The number of hydrogen-bond donors (Lipinski definition) is 0. The Hall–Kier alpha value is -1.06. The zero-order chi connectivity index (χ0) is 19.5. The fraction of sp³-hybridized carbons (Fsp3) is 0.640. The summed E-state index contributed by atoms with van der Waals surface area (Å²) in [6.45, 7) is 9.38. The molecule has 0 N–H and O–H groups in total. The van der Waals surface area contributed by atoms with Crippen molar-refractivity contribution in [3.8, 4) is 0 Å². The molecule has 0 spiro atoms. The molecule has 2 unspecified atom stereocenters. The van der Waals surface area contributed by atoms with Crippen molar-refractivity contribution in [1.29, 1.82) is 0 Å². The topological polar surface area (TPSA) is 15.6 Å². The number of benzene rings is 1. The highest BCUT2D eigenvalue weighted by atomic mass is 32.2. The van der Waals surface area contributed by atoms with E-state index in [0.29, 0.717) is 11.3 Å². The van der Waals surface area contributed by atoms with Crippen LogP contribution in [0.1, 0.15) is 75.8 Å². The fourth-order valence-corrected chi connectivity index (χ4v) is 6.61. The lowest BCUT2D eigenvalue weighted by Crippen LogP contribution is -2.42. The van der Waals surface area contributed by atoms with E-state index in [-0.39, 0.29) is 0 Å². The minimum Gasteiger partial charge on any atom is -0.300 e. The van der Waals surface area contributed by atoms with Gasteiger partial charge in [-0.2, -0.15) is 0 Å². The largest absolute Gasteiger partial charge is 0.300 e. The molecule has 28 heavy (non-hydrogen) atoms. The van der Waals surface area contributed by atoms with E-state index in [1.165, 1.54) is 79.8 Å². The summed E-state index contributed by atoms with van der Waals surface area (Å²) in [5, 5.41) is 0.457. The zero-order valence-corrected chi connectivity index (χ0v) is 18.7. The number of nitrogens with zero attached hydrogens (tertiary/aromatic N) is 2. The Bertz CT molecular complexity index is 724. The van der Waals surface area contributed by atoms with Crippen LogP contribution < -0.4 is 0 Å². The first kappa shape index (κ1) is 20.2. The molecular weight excluding hydrogens is 360 g/mol. The van der Waals surface area contributed by atoms with E-state index in [1.807, 2.05) is 11.8 Å². The van der Waals surface area contributed by atoms with Crippen LogP contribution in [0.3, 0.4) is 0 Å². The molecule has 0 bridgehead atoms. The predicted molar refractivity (Wildman–Crippen MR) is 123 cm³/mol. The van der Waals surface area contributed by atoms with Gasteiger partial charge in [0.25, 0.3) is 0 Å². The van der Waals surface area contributed by atoms with Crippen molar-refractivity contribution in [3.63, 3.8) is 0 Å². The molecule has 2 heterocycles. The molecule has 0 radical (unpaired) electrons. The van der Waals surface area contributed by atoms with Crippen molar-refractivity contribution in [2.24, 2.45) is 10.9 Å². The second kappa shape index (κ2) is 9.17. The van der Waals surface area contributed by atoms with Crippen molar-refractivity contribution in [2.75, 3.05) is 13.1 Å². The van der Waals surface area contributed by atoms with Crippen molar-refractivity contribution in [2.45, 2.75) is 83.1 Å². The molecule has 0 aromatic heterocycles. The Morgan fingerprint density at radius 3 is 2.54 bits per heavy atom. The van der Waals surface area contributed by atoms with Gasteiger partial charge in [-0.25, -0.2) is 0 Å². The third kappa shape index (κ3) is 4.74. The normalized spacial score (nSPS) is 31.8. The molecule has 1 saturated heterocycles. The minimum atomic E-state index is 0.445. The Morgan fingerprint density at radius 1 is 1.07 bits per heavy atom. The quantitative estimate of drug-likeness (QED) is 0.572. The molecule has 0 amide bonds. The molecule has 2 aliphatic heterocycles. The molecule has 3 aliphatic rings. The summed E-state index contributed by atoms with van der Waals surface area (Å²) < 4.78 is 0. The highest BCUT2D eigenvalue weighted by Gasteiger charge is 2.34. The van der Waals surface area contributed by atoms with Gasteiger partial charge in [-0.3, -0.25) is 4.99 Å². The number of aryl methyl sites for hydroxylation is 1. The Labute approximate surface area is 175 Å².